The number of hydrogen-bond acceptors (Lipinski definition) is 3. The van der Waals surface area contributed by atoms with Crippen molar-refractivity contribution in [1.82, 2.24) is 10.6 Å². The second-order valence-electron chi connectivity index (χ2n) is 6.74. The van der Waals surface area contributed by atoms with Crippen molar-refractivity contribution < 1.29 is 13.9 Å². The zero-order valence-electron chi connectivity index (χ0n) is 13.7. The van der Waals surface area contributed by atoms with Crippen LogP contribution in [0.5, 0.6) is 0 Å². The lowest BCUT2D eigenvalue weighted by atomic mass is 10.1. The van der Waals surface area contributed by atoms with Crippen LogP contribution in [0.1, 0.15) is 48.9 Å². The molecule has 2 fully saturated rings. The minimum atomic E-state index is -0.494. The number of hydrogen-bond donors (Lipinski definition) is 2. The van der Waals surface area contributed by atoms with Gasteiger partial charge in [-0.2, -0.15) is 0 Å². The van der Waals surface area contributed by atoms with Crippen LogP contribution < -0.4 is 10.6 Å². The molecule has 1 saturated carbocycles. The number of benzene rings is 1. The van der Waals surface area contributed by atoms with Crippen LogP contribution in [0.4, 0.5) is 4.39 Å². The van der Waals surface area contributed by atoms with Gasteiger partial charge in [0.1, 0.15) is 5.82 Å². The molecule has 24 heavy (non-hydrogen) atoms. The summed E-state index contributed by atoms with van der Waals surface area (Å²) in [5.74, 6) is -0.760. The van der Waals surface area contributed by atoms with Gasteiger partial charge in [0.25, 0.3) is 5.91 Å². The number of amides is 1. The van der Waals surface area contributed by atoms with Gasteiger partial charge in [0.05, 0.1) is 6.10 Å². The van der Waals surface area contributed by atoms with E-state index in [-0.39, 0.29) is 22.5 Å². The molecule has 1 aromatic rings. The molecule has 1 saturated heterocycles. The van der Waals surface area contributed by atoms with Gasteiger partial charge in [-0.25, -0.2) is 4.39 Å². The van der Waals surface area contributed by atoms with Crippen molar-refractivity contribution >= 4 is 17.5 Å². The van der Waals surface area contributed by atoms with Gasteiger partial charge in [0.2, 0.25) is 0 Å². The fourth-order valence-electron chi connectivity index (χ4n) is 3.52. The average molecular weight is 355 g/mol. The molecule has 3 atom stereocenters. The van der Waals surface area contributed by atoms with E-state index in [2.05, 4.69) is 10.6 Å². The molecule has 0 aromatic heterocycles. The van der Waals surface area contributed by atoms with Gasteiger partial charge in [-0.05, 0) is 56.7 Å². The van der Waals surface area contributed by atoms with E-state index in [9.17, 15) is 9.18 Å². The number of carbonyl (C=O) groups excluding carboxylic acids is 1. The van der Waals surface area contributed by atoms with Gasteiger partial charge in [-0.1, -0.05) is 11.6 Å². The van der Waals surface area contributed by atoms with E-state index in [1.807, 2.05) is 0 Å². The van der Waals surface area contributed by atoms with E-state index in [0.29, 0.717) is 12.1 Å². The topological polar surface area (TPSA) is 50.4 Å². The average Bonchev–Trinajstić information content (AvgIpc) is 3.00. The van der Waals surface area contributed by atoms with Crippen molar-refractivity contribution in [3.8, 4) is 0 Å². The number of carbonyl (C=O) groups is 1. The van der Waals surface area contributed by atoms with Crippen LogP contribution >= 0.6 is 11.6 Å². The van der Waals surface area contributed by atoms with Crippen molar-refractivity contribution in [1.29, 1.82) is 0 Å². The summed E-state index contributed by atoms with van der Waals surface area (Å²) in [7, 11) is 0. The van der Waals surface area contributed by atoms with E-state index in [4.69, 9.17) is 16.3 Å². The highest BCUT2D eigenvalue weighted by Gasteiger charge is 2.27. The maximum Gasteiger partial charge on any atom is 0.251 e. The Hall–Kier alpha value is -1.17. The maximum atomic E-state index is 13.4. The van der Waals surface area contributed by atoms with Crippen LogP contribution in [0.25, 0.3) is 0 Å². The van der Waals surface area contributed by atoms with Crippen LogP contribution in [0.15, 0.2) is 18.2 Å². The molecule has 132 valence electrons. The SMILES string of the molecule is O=C(N[C@H]1CC[C@H](NCC2CCCCO2)C1)c1cc(F)cc(Cl)c1. The molecule has 1 amide bonds. The summed E-state index contributed by atoms with van der Waals surface area (Å²) in [5, 5.41) is 6.77. The van der Waals surface area contributed by atoms with Crippen LogP contribution in [-0.2, 0) is 4.74 Å². The fraction of sp³-hybridized carbons (Fsp3) is 0.611. The zero-order valence-corrected chi connectivity index (χ0v) is 14.4. The third-order valence-corrected chi connectivity index (χ3v) is 5.02. The zero-order chi connectivity index (χ0) is 16.9. The van der Waals surface area contributed by atoms with Crippen LogP contribution in [0, 0.1) is 5.82 Å². The van der Waals surface area contributed by atoms with Crippen LogP contribution in [-0.4, -0.2) is 37.2 Å². The molecule has 1 aliphatic carbocycles. The Kier molecular flexibility index (Phi) is 6.09. The van der Waals surface area contributed by atoms with E-state index < -0.39 is 5.82 Å². The standard InChI is InChI=1S/C18H24ClFN2O2/c19-13-7-12(8-14(20)9-13)18(23)22-16-5-4-15(10-16)21-11-17-3-1-2-6-24-17/h7-9,15-17,21H,1-6,10-11H2,(H,22,23)/t15-,16-,17?/m0/s1. The molecule has 3 rings (SSSR count). The van der Waals surface area contributed by atoms with Gasteiger partial charge in [-0.3, -0.25) is 4.79 Å². The summed E-state index contributed by atoms with van der Waals surface area (Å²) < 4.78 is 19.1. The molecule has 2 aliphatic rings. The predicted octanol–water partition coefficient (Wildman–Crippen LogP) is 3.29. The quantitative estimate of drug-likeness (QED) is 0.853. The first kappa shape index (κ1) is 17.6. The normalized spacial score (nSPS) is 27.2. The molecule has 1 heterocycles. The van der Waals surface area contributed by atoms with Crippen molar-refractivity contribution in [2.45, 2.75) is 56.7 Å². The van der Waals surface area contributed by atoms with Gasteiger partial charge < -0.3 is 15.4 Å². The minimum Gasteiger partial charge on any atom is -0.377 e. The molecule has 0 bridgehead atoms. The molecule has 1 unspecified atom stereocenters. The third kappa shape index (κ3) is 4.91. The highest BCUT2D eigenvalue weighted by Crippen LogP contribution is 2.21. The van der Waals surface area contributed by atoms with E-state index in [0.717, 1.165) is 45.3 Å². The lowest BCUT2D eigenvalue weighted by molar-refractivity contribution is 0.0154. The summed E-state index contributed by atoms with van der Waals surface area (Å²) in [6.07, 6.45) is 6.70. The van der Waals surface area contributed by atoms with Crippen LogP contribution in [0.2, 0.25) is 5.02 Å². The predicted molar refractivity (Wildman–Crippen MR) is 91.9 cm³/mol. The maximum absolute atomic E-state index is 13.4. The first-order valence-electron chi connectivity index (χ1n) is 8.72. The lowest BCUT2D eigenvalue weighted by Crippen LogP contribution is -2.39. The Morgan fingerprint density at radius 1 is 1.21 bits per heavy atom. The Bertz CT molecular complexity index is 558. The Labute approximate surface area is 147 Å². The van der Waals surface area contributed by atoms with Gasteiger partial charge in [0.15, 0.2) is 0 Å². The van der Waals surface area contributed by atoms with Crippen molar-refractivity contribution in [2.24, 2.45) is 0 Å². The number of halogens is 2. The number of ether oxygens (including phenoxy) is 1. The molecule has 0 spiro atoms. The van der Waals surface area contributed by atoms with Gasteiger partial charge in [-0.15, -0.1) is 0 Å². The molecular formula is C18H24ClFN2O2. The van der Waals surface area contributed by atoms with E-state index in [1.54, 1.807) is 0 Å². The Balaban J connectivity index is 1.44. The number of nitrogens with one attached hydrogen (secondary N) is 2. The second kappa shape index (κ2) is 8.28. The highest BCUT2D eigenvalue weighted by molar-refractivity contribution is 6.31. The molecule has 0 radical (unpaired) electrons. The molecule has 6 heteroatoms. The second-order valence-corrected chi connectivity index (χ2v) is 7.17. The van der Waals surface area contributed by atoms with Gasteiger partial charge in [0, 0.05) is 35.8 Å². The molecule has 1 aliphatic heterocycles. The van der Waals surface area contributed by atoms with Crippen LogP contribution in [0.3, 0.4) is 0 Å². The fourth-order valence-corrected chi connectivity index (χ4v) is 3.74. The van der Waals surface area contributed by atoms with Gasteiger partial charge >= 0.3 is 0 Å². The van der Waals surface area contributed by atoms with Crippen molar-refractivity contribution in [2.75, 3.05) is 13.2 Å². The smallest absolute Gasteiger partial charge is 0.251 e. The number of rotatable bonds is 5. The monoisotopic (exact) mass is 354 g/mol. The molecular weight excluding hydrogens is 331 g/mol. The van der Waals surface area contributed by atoms with Crippen molar-refractivity contribution in [3.63, 3.8) is 0 Å². The highest BCUT2D eigenvalue weighted by atomic mass is 35.5. The lowest BCUT2D eigenvalue weighted by Gasteiger charge is -2.24. The van der Waals surface area contributed by atoms with Crippen molar-refractivity contribution in [3.05, 3.63) is 34.6 Å². The summed E-state index contributed by atoms with van der Waals surface area (Å²) in [6.45, 7) is 1.75. The van der Waals surface area contributed by atoms with E-state index >= 15 is 0 Å². The molecule has 2 N–H and O–H groups in total. The summed E-state index contributed by atoms with van der Waals surface area (Å²) >= 11 is 5.81. The Morgan fingerprint density at radius 2 is 2.04 bits per heavy atom. The largest absolute Gasteiger partial charge is 0.377 e. The summed E-state index contributed by atoms with van der Waals surface area (Å²) in [5.41, 5.74) is 0.270. The van der Waals surface area contributed by atoms with E-state index in [1.165, 1.54) is 24.6 Å². The third-order valence-electron chi connectivity index (χ3n) is 4.80. The first-order chi connectivity index (χ1) is 11.6. The summed E-state index contributed by atoms with van der Waals surface area (Å²) in [4.78, 5) is 12.2. The first-order valence-corrected chi connectivity index (χ1v) is 9.10. The molecule has 4 nitrogen and oxygen atoms in total. The minimum absolute atomic E-state index is 0.115. The Morgan fingerprint density at radius 3 is 2.79 bits per heavy atom. The molecule has 1 aromatic carbocycles. The summed E-state index contributed by atoms with van der Waals surface area (Å²) in [6, 6.07) is 4.42.